The van der Waals surface area contributed by atoms with Gasteiger partial charge in [0, 0.05) is 23.5 Å². The van der Waals surface area contributed by atoms with Crippen LogP contribution in [0.1, 0.15) is 43.3 Å². The summed E-state index contributed by atoms with van der Waals surface area (Å²) in [5, 5.41) is 7.05. The topological polar surface area (TPSA) is 24.9 Å². The van der Waals surface area contributed by atoms with Crippen molar-refractivity contribution >= 4 is 11.3 Å². The molecule has 0 saturated heterocycles. The van der Waals surface area contributed by atoms with Gasteiger partial charge in [-0.15, -0.1) is 11.3 Å². The number of rotatable bonds is 6. The quantitative estimate of drug-likeness (QED) is 0.823. The molecule has 1 aromatic rings. The summed E-state index contributed by atoms with van der Waals surface area (Å²) in [6.45, 7) is 5.34. The van der Waals surface area contributed by atoms with Crippen molar-refractivity contribution in [2.75, 3.05) is 6.54 Å². The van der Waals surface area contributed by atoms with Crippen LogP contribution in [-0.4, -0.2) is 17.6 Å². The molecule has 0 spiro atoms. The normalized spacial score (nSPS) is 18.4. The molecular weight excluding hydrogens is 216 g/mol. The maximum atomic E-state index is 4.56. The van der Waals surface area contributed by atoms with E-state index in [1.807, 2.05) is 0 Å². The van der Waals surface area contributed by atoms with Crippen molar-refractivity contribution in [1.29, 1.82) is 0 Å². The maximum absolute atomic E-state index is 4.56. The predicted octanol–water partition coefficient (Wildman–Crippen LogP) is 3.16. The van der Waals surface area contributed by atoms with Gasteiger partial charge < -0.3 is 5.32 Å². The first-order valence-corrected chi connectivity index (χ1v) is 7.30. The number of likely N-dealkylation sites (N-methyl/N-ethyl adjacent to an activating group) is 1. The van der Waals surface area contributed by atoms with E-state index in [2.05, 4.69) is 29.5 Å². The second-order valence-electron chi connectivity index (χ2n) is 4.87. The zero-order chi connectivity index (χ0) is 11.4. The van der Waals surface area contributed by atoms with E-state index in [0.29, 0.717) is 6.04 Å². The van der Waals surface area contributed by atoms with Gasteiger partial charge in [-0.05, 0) is 25.8 Å². The predicted molar refractivity (Wildman–Crippen MR) is 70.0 cm³/mol. The summed E-state index contributed by atoms with van der Waals surface area (Å²) in [4.78, 5) is 4.56. The van der Waals surface area contributed by atoms with Gasteiger partial charge in [-0.3, -0.25) is 0 Å². The third-order valence-corrected chi connectivity index (χ3v) is 4.41. The highest BCUT2D eigenvalue weighted by atomic mass is 32.1. The minimum absolute atomic E-state index is 0.640. The molecule has 1 aromatic heterocycles. The molecule has 2 rings (SSSR count). The summed E-state index contributed by atoms with van der Waals surface area (Å²) in [5.41, 5.74) is 1.17. The van der Waals surface area contributed by atoms with Gasteiger partial charge in [0.2, 0.25) is 0 Å². The van der Waals surface area contributed by atoms with E-state index >= 15 is 0 Å². The highest BCUT2D eigenvalue weighted by Crippen LogP contribution is 2.31. The SMILES string of the molecule is CCNC(Cc1nc(C)cs1)CC1CCC1. The molecule has 1 heterocycles. The minimum Gasteiger partial charge on any atom is -0.314 e. The Kier molecular flexibility index (Phi) is 4.36. The average Bonchev–Trinajstić information content (AvgIpc) is 2.58. The fourth-order valence-electron chi connectivity index (χ4n) is 2.37. The molecule has 1 fully saturated rings. The van der Waals surface area contributed by atoms with E-state index in [-0.39, 0.29) is 0 Å². The molecule has 1 atom stereocenters. The Balaban J connectivity index is 1.85. The smallest absolute Gasteiger partial charge is 0.0943 e. The number of hydrogen-bond acceptors (Lipinski definition) is 3. The lowest BCUT2D eigenvalue weighted by molar-refractivity contribution is 0.260. The first-order valence-electron chi connectivity index (χ1n) is 6.42. The molecule has 16 heavy (non-hydrogen) atoms. The van der Waals surface area contributed by atoms with Gasteiger partial charge in [0.25, 0.3) is 0 Å². The molecule has 1 N–H and O–H groups in total. The van der Waals surface area contributed by atoms with Crippen molar-refractivity contribution in [1.82, 2.24) is 10.3 Å². The highest BCUT2D eigenvalue weighted by molar-refractivity contribution is 7.09. The lowest BCUT2D eigenvalue weighted by atomic mass is 9.80. The minimum atomic E-state index is 0.640. The van der Waals surface area contributed by atoms with Crippen molar-refractivity contribution in [3.63, 3.8) is 0 Å². The summed E-state index contributed by atoms with van der Waals surface area (Å²) in [6.07, 6.45) is 6.78. The molecule has 90 valence electrons. The van der Waals surface area contributed by atoms with Crippen LogP contribution in [0, 0.1) is 12.8 Å². The van der Waals surface area contributed by atoms with Gasteiger partial charge in [0.15, 0.2) is 0 Å². The fourth-order valence-corrected chi connectivity index (χ4v) is 3.22. The molecule has 1 unspecified atom stereocenters. The Hall–Kier alpha value is -0.410. The van der Waals surface area contributed by atoms with Crippen LogP contribution in [0.25, 0.3) is 0 Å². The van der Waals surface area contributed by atoms with Crippen LogP contribution in [0.2, 0.25) is 0 Å². The van der Waals surface area contributed by atoms with Crippen LogP contribution < -0.4 is 5.32 Å². The van der Waals surface area contributed by atoms with Crippen molar-refractivity contribution in [2.45, 2.75) is 52.0 Å². The largest absolute Gasteiger partial charge is 0.314 e. The van der Waals surface area contributed by atoms with Crippen LogP contribution in [0.15, 0.2) is 5.38 Å². The van der Waals surface area contributed by atoms with Crippen molar-refractivity contribution in [3.8, 4) is 0 Å². The summed E-state index contributed by atoms with van der Waals surface area (Å²) in [6, 6.07) is 0.640. The van der Waals surface area contributed by atoms with Crippen molar-refractivity contribution in [2.24, 2.45) is 5.92 Å². The average molecular weight is 238 g/mol. The third-order valence-electron chi connectivity index (χ3n) is 3.42. The van der Waals surface area contributed by atoms with Gasteiger partial charge in [0.05, 0.1) is 5.01 Å². The standard InChI is InChI=1S/C13H22N2S/c1-3-14-12(7-11-5-4-6-11)8-13-15-10(2)9-16-13/h9,11-12,14H,3-8H2,1-2H3. The van der Waals surface area contributed by atoms with Crippen LogP contribution in [0.5, 0.6) is 0 Å². The summed E-state index contributed by atoms with van der Waals surface area (Å²) in [5.74, 6) is 0.977. The van der Waals surface area contributed by atoms with Gasteiger partial charge in [0.1, 0.15) is 0 Å². The maximum Gasteiger partial charge on any atom is 0.0943 e. The van der Waals surface area contributed by atoms with E-state index in [1.165, 1.54) is 36.4 Å². The molecule has 0 aromatic carbocycles. The zero-order valence-electron chi connectivity index (χ0n) is 10.3. The Bertz CT molecular complexity index is 317. The Morgan fingerprint density at radius 1 is 1.56 bits per heavy atom. The fraction of sp³-hybridized carbons (Fsp3) is 0.769. The molecule has 0 radical (unpaired) electrons. The third kappa shape index (κ3) is 3.29. The highest BCUT2D eigenvalue weighted by Gasteiger charge is 2.22. The number of aromatic nitrogens is 1. The van der Waals surface area contributed by atoms with Crippen LogP contribution in [0.4, 0.5) is 0 Å². The number of nitrogens with one attached hydrogen (secondary N) is 1. The molecule has 2 nitrogen and oxygen atoms in total. The van der Waals surface area contributed by atoms with Crippen molar-refractivity contribution in [3.05, 3.63) is 16.1 Å². The van der Waals surface area contributed by atoms with E-state index in [4.69, 9.17) is 0 Å². The Morgan fingerprint density at radius 2 is 2.38 bits per heavy atom. The lowest BCUT2D eigenvalue weighted by Gasteiger charge is -2.29. The van der Waals surface area contributed by atoms with E-state index < -0.39 is 0 Å². The number of hydrogen-bond donors (Lipinski definition) is 1. The van der Waals surface area contributed by atoms with E-state index in [0.717, 1.165) is 18.9 Å². The first-order chi connectivity index (χ1) is 7.78. The van der Waals surface area contributed by atoms with E-state index in [9.17, 15) is 0 Å². The second kappa shape index (κ2) is 5.78. The van der Waals surface area contributed by atoms with Gasteiger partial charge in [-0.25, -0.2) is 4.98 Å². The molecule has 0 aliphatic heterocycles. The number of thiazole rings is 1. The number of aryl methyl sites for hydroxylation is 1. The molecule has 1 aliphatic carbocycles. The molecule has 1 aliphatic rings. The summed E-state index contributed by atoms with van der Waals surface area (Å²) in [7, 11) is 0. The van der Waals surface area contributed by atoms with Gasteiger partial charge >= 0.3 is 0 Å². The molecular formula is C13H22N2S. The van der Waals surface area contributed by atoms with E-state index in [1.54, 1.807) is 11.3 Å². The first kappa shape index (κ1) is 12.1. The molecule has 0 amide bonds. The Labute approximate surface area is 102 Å². The summed E-state index contributed by atoms with van der Waals surface area (Å²) >= 11 is 1.81. The van der Waals surface area contributed by atoms with Gasteiger partial charge in [-0.2, -0.15) is 0 Å². The molecule has 3 heteroatoms. The van der Waals surface area contributed by atoms with Crippen LogP contribution in [0.3, 0.4) is 0 Å². The van der Waals surface area contributed by atoms with Gasteiger partial charge in [-0.1, -0.05) is 26.2 Å². The zero-order valence-corrected chi connectivity index (χ0v) is 11.1. The van der Waals surface area contributed by atoms with Crippen LogP contribution >= 0.6 is 11.3 Å². The monoisotopic (exact) mass is 238 g/mol. The van der Waals surface area contributed by atoms with Crippen LogP contribution in [-0.2, 0) is 6.42 Å². The second-order valence-corrected chi connectivity index (χ2v) is 5.82. The number of nitrogens with zero attached hydrogens (tertiary/aromatic N) is 1. The van der Waals surface area contributed by atoms with Crippen molar-refractivity contribution < 1.29 is 0 Å². The molecule has 1 saturated carbocycles. The Morgan fingerprint density at radius 3 is 2.88 bits per heavy atom. The lowest BCUT2D eigenvalue weighted by Crippen LogP contribution is -2.34. The molecule has 0 bridgehead atoms. The summed E-state index contributed by atoms with van der Waals surface area (Å²) < 4.78 is 0.